The second kappa shape index (κ2) is 9.98. The minimum absolute atomic E-state index is 0.139. The zero-order valence-electron chi connectivity index (χ0n) is 21.0. The first kappa shape index (κ1) is 25.3. The molecular formula is C30H24BrN3O4S. The number of benzene rings is 4. The molecule has 0 bridgehead atoms. The van der Waals surface area contributed by atoms with Crippen LogP contribution in [0.1, 0.15) is 21.7 Å². The quantitative estimate of drug-likeness (QED) is 0.266. The number of hydrogen-bond acceptors (Lipinski definition) is 5. The van der Waals surface area contributed by atoms with Gasteiger partial charge >= 0.3 is 0 Å². The zero-order chi connectivity index (χ0) is 27.1. The van der Waals surface area contributed by atoms with E-state index in [9.17, 15) is 13.2 Å². The number of carbonyl (C=O) groups excluding carboxylic acids is 1. The second-order valence-corrected chi connectivity index (χ2v) is 12.3. The molecule has 5 aromatic rings. The Morgan fingerprint density at radius 3 is 2.33 bits per heavy atom. The number of rotatable bonds is 4. The predicted octanol–water partition coefficient (Wildman–Crippen LogP) is 6.17. The first-order chi connectivity index (χ1) is 18.8. The van der Waals surface area contributed by atoms with Gasteiger partial charge in [-0.25, -0.2) is 13.4 Å². The second-order valence-electron chi connectivity index (χ2n) is 9.43. The number of carbonyl (C=O) groups is 1. The largest absolute Gasteiger partial charge is 0.491 e. The van der Waals surface area contributed by atoms with Crippen molar-refractivity contribution in [3.63, 3.8) is 0 Å². The van der Waals surface area contributed by atoms with Crippen LogP contribution in [0.2, 0.25) is 0 Å². The third-order valence-electron chi connectivity index (χ3n) is 6.80. The van der Waals surface area contributed by atoms with Gasteiger partial charge in [0.1, 0.15) is 18.2 Å². The molecule has 6 rings (SSSR count). The van der Waals surface area contributed by atoms with Crippen LogP contribution in [0.3, 0.4) is 0 Å². The van der Waals surface area contributed by atoms with Gasteiger partial charge in [-0.2, -0.15) is 0 Å². The predicted molar refractivity (Wildman–Crippen MR) is 153 cm³/mol. The Balaban J connectivity index is 1.24. The van der Waals surface area contributed by atoms with Crippen LogP contribution >= 0.6 is 15.9 Å². The number of halogens is 1. The molecule has 0 saturated heterocycles. The minimum Gasteiger partial charge on any atom is -0.491 e. The number of aryl methyl sites for hydroxylation is 1. The summed E-state index contributed by atoms with van der Waals surface area (Å²) in [6.45, 7) is 3.10. The molecule has 0 unspecified atom stereocenters. The summed E-state index contributed by atoms with van der Waals surface area (Å²) in [5.74, 6) is 1.44. The van der Waals surface area contributed by atoms with Crippen LogP contribution in [0.5, 0.6) is 5.75 Å². The van der Waals surface area contributed by atoms with Crippen molar-refractivity contribution in [2.75, 3.05) is 13.2 Å². The molecule has 7 nitrogen and oxygen atoms in total. The van der Waals surface area contributed by atoms with E-state index in [4.69, 9.17) is 4.74 Å². The highest BCUT2D eigenvalue weighted by molar-refractivity contribution is 9.10. The number of nitrogens with one attached hydrogen (secondary N) is 1. The first-order valence-electron chi connectivity index (χ1n) is 12.4. The smallest absolute Gasteiger partial charge is 0.254 e. The Hall–Kier alpha value is -3.95. The Bertz CT molecular complexity index is 1810. The lowest BCUT2D eigenvalue weighted by Crippen LogP contribution is -2.32. The summed E-state index contributed by atoms with van der Waals surface area (Å²) in [5.41, 5.74) is 5.28. The number of aromatic nitrogens is 2. The van der Waals surface area contributed by atoms with Crippen LogP contribution in [0.15, 0.2) is 99.2 Å². The topological polar surface area (TPSA) is 92.4 Å². The standard InChI is InChI=1S/C30H24BrN3O4S/c1-19-32-27-12-4-22(17-28(27)33-19)21-5-13-29-23(16-21)18-34(14-15-38-29)30(35)20-2-8-25(9-3-20)39(36,37)26-10-6-24(31)7-11-26/h2-13,16-17H,14-15,18H2,1H3,(H,32,33). The average Bonchev–Trinajstić information content (AvgIpc) is 3.18. The van der Waals surface area contributed by atoms with Crippen molar-refractivity contribution in [1.82, 2.24) is 14.9 Å². The number of amides is 1. The molecule has 0 atom stereocenters. The van der Waals surface area contributed by atoms with E-state index in [1.165, 1.54) is 12.1 Å². The summed E-state index contributed by atoms with van der Waals surface area (Å²) >= 11 is 3.32. The fourth-order valence-corrected chi connectivity index (χ4v) is 6.30. The van der Waals surface area contributed by atoms with E-state index >= 15 is 0 Å². The maximum absolute atomic E-state index is 13.4. The zero-order valence-corrected chi connectivity index (χ0v) is 23.4. The first-order valence-corrected chi connectivity index (χ1v) is 14.7. The molecule has 2 heterocycles. The van der Waals surface area contributed by atoms with E-state index in [-0.39, 0.29) is 15.7 Å². The number of hydrogen-bond donors (Lipinski definition) is 1. The molecular weight excluding hydrogens is 578 g/mol. The lowest BCUT2D eigenvalue weighted by atomic mass is 10.0. The fourth-order valence-electron chi connectivity index (χ4n) is 4.77. The van der Waals surface area contributed by atoms with Crippen LogP contribution in [0, 0.1) is 6.92 Å². The molecule has 0 aliphatic carbocycles. The Labute approximate surface area is 234 Å². The van der Waals surface area contributed by atoms with E-state index < -0.39 is 9.84 Å². The van der Waals surface area contributed by atoms with Crippen molar-refractivity contribution in [3.8, 4) is 16.9 Å². The van der Waals surface area contributed by atoms with Crippen molar-refractivity contribution >= 4 is 42.7 Å². The molecule has 1 aromatic heterocycles. The van der Waals surface area contributed by atoms with Gasteiger partial charge in [0.2, 0.25) is 9.84 Å². The van der Waals surface area contributed by atoms with Gasteiger partial charge in [-0.1, -0.05) is 28.1 Å². The third kappa shape index (κ3) is 4.95. The maximum Gasteiger partial charge on any atom is 0.254 e. The number of sulfone groups is 1. The summed E-state index contributed by atoms with van der Waals surface area (Å²) < 4.78 is 32.8. The highest BCUT2D eigenvalue weighted by Gasteiger charge is 2.23. The van der Waals surface area contributed by atoms with Gasteiger partial charge in [-0.05, 0) is 90.8 Å². The normalized spacial score (nSPS) is 13.5. The summed E-state index contributed by atoms with van der Waals surface area (Å²) in [6, 6.07) is 24.7. The minimum atomic E-state index is -3.68. The molecule has 9 heteroatoms. The molecule has 1 amide bonds. The maximum atomic E-state index is 13.4. The number of H-pyrrole nitrogens is 1. The summed E-state index contributed by atoms with van der Waals surface area (Å²) in [6.07, 6.45) is 0. The van der Waals surface area contributed by atoms with Crippen LogP contribution < -0.4 is 4.74 Å². The van der Waals surface area contributed by atoms with Crippen molar-refractivity contribution in [2.24, 2.45) is 0 Å². The molecule has 4 aromatic carbocycles. The van der Waals surface area contributed by atoms with E-state index in [1.54, 1.807) is 41.3 Å². The molecule has 1 aliphatic rings. The van der Waals surface area contributed by atoms with E-state index in [2.05, 4.69) is 38.0 Å². The van der Waals surface area contributed by atoms with Crippen molar-refractivity contribution in [2.45, 2.75) is 23.3 Å². The van der Waals surface area contributed by atoms with Gasteiger partial charge in [0, 0.05) is 22.1 Å². The van der Waals surface area contributed by atoms with Gasteiger partial charge in [-0.15, -0.1) is 0 Å². The number of imidazole rings is 1. The Morgan fingerprint density at radius 2 is 1.59 bits per heavy atom. The average molecular weight is 603 g/mol. The van der Waals surface area contributed by atoms with Crippen molar-refractivity contribution in [1.29, 1.82) is 0 Å². The van der Waals surface area contributed by atoms with E-state index in [1.807, 2.05) is 31.2 Å². The van der Waals surface area contributed by atoms with E-state index in [0.717, 1.165) is 43.8 Å². The van der Waals surface area contributed by atoms with Gasteiger partial charge in [0.05, 0.1) is 27.4 Å². The molecule has 196 valence electrons. The SMILES string of the molecule is Cc1nc2ccc(-c3ccc4c(c3)CN(C(=O)c3ccc(S(=O)(=O)c5ccc(Br)cc5)cc3)CCO4)cc2[nH]1. The van der Waals surface area contributed by atoms with Gasteiger partial charge in [-0.3, -0.25) is 4.79 Å². The van der Waals surface area contributed by atoms with E-state index in [0.29, 0.717) is 25.3 Å². The van der Waals surface area contributed by atoms with Gasteiger partial charge in [0.15, 0.2) is 0 Å². The van der Waals surface area contributed by atoms with Crippen LogP contribution in [0.4, 0.5) is 0 Å². The molecule has 0 fully saturated rings. The highest BCUT2D eigenvalue weighted by atomic mass is 79.9. The molecule has 1 N–H and O–H groups in total. The lowest BCUT2D eigenvalue weighted by Gasteiger charge is -2.20. The number of nitrogens with zero attached hydrogens (tertiary/aromatic N) is 2. The monoisotopic (exact) mass is 601 g/mol. The number of aromatic amines is 1. The summed E-state index contributed by atoms with van der Waals surface area (Å²) in [4.78, 5) is 23.3. The molecule has 0 radical (unpaired) electrons. The third-order valence-corrected chi connectivity index (χ3v) is 9.11. The molecule has 1 aliphatic heterocycles. The van der Waals surface area contributed by atoms with Gasteiger partial charge < -0.3 is 14.6 Å². The molecule has 0 spiro atoms. The van der Waals surface area contributed by atoms with Crippen LogP contribution in [0.25, 0.3) is 22.2 Å². The number of fused-ring (bicyclic) bond motifs is 2. The molecule has 0 saturated carbocycles. The molecule has 39 heavy (non-hydrogen) atoms. The fraction of sp³-hybridized carbons (Fsp3) is 0.133. The van der Waals surface area contributed by atoms with Crippen molar-refractivity contribution in [3.05, 3.63) is 106 Å². The van der Waals surface area contributed by atoms with Crippen molar-refractivity contribution < 1.29 is 17.9 Å². The van der Waals surface area contributed by atoms with Gasteiger partial charge in [0.25, 0.3) is 5.91 Å². The lowest BCUT2D eigenvalue weighted by molar-refractivity contribution is 0.0733. The Kier molecular flexibility index (Phi) is 6.48. The summed E-state index contributed by atoms with van der Waals surface area (Å²) in [7, 11) is -3.68. The summed E-state index contributed by atoms with van der Waals surface area (Å²) in [5, 5.41) is 0. The number of ether oxygens (including phenoxy) is 1. The van der Waals surface area contributed by atoms with Crippen LogP contribution in [-0.2, 0) is 16.4 Å². The Morgan fingerprint density at radius 1 is 0.923 bits per heavy atom. The van der Waals surface area contributed by atoms with Crippen LogP contribution in [-0.4, -0.2) is 42.3 Å². The highest BCUT2D eigenvalue weighted by Crippen LogP contribution is 2.31.